The molecular formula is C13H16N2O. The van der Waals surface area contributed by atoms with Crippen molar-refractivity contribution >= 4 is 16.8 Å². The van der Waals surface area contributed by atoms with Crippen LogP contribution in [0.4, 0.5) is 5.69 Å². The number of nitrogens with two attached hydrogens (primary N) is 1. The Kier molecular flexibility index (Phi) is 2.13. The summed E-state index contributed by atoms with van der Waals surface area (Å²) in [5.74, 6) is 2.03. The Morgan fingerprint density at radius 3 is 2.94 bits per heavy atom. The molecule has 1 aromatic carbocycles. The summed E-state index contributed by atoms with van der Waals surface area (Å²) in [6.07, 6.45) is 3.74. The number of aromatic nitrogens is 1. The van der Waals surface area contributed by atoms with E-state index in [4.69, 9.17) is 10.2 Å². The van der Waals surface area contributed by atoms with Crippen LogP contribution < -0.4 is 5.73 Å². The third-order valence-corrected chi connectivity index (χ3v) is 3.65. The molecule has 1 aliphatic carbocycles. The van der Waals surface area contributed by atoms with Crippen molar-refractivity contribution in [1.82, 2.24) is 4.98 Å². The normalized spacial score (nSPS) is 25.3. The summed E-state index contributed by atoms with van der Waals surface area (Å²) >= 11 is 0. The van der Waals surface area contributed by atoms with Gasteiger partial charge in [-0.05, 0) is 30.9 Å². The van der Waals surface area contributed by atoms with Crippen LogP contribution in [0.15, 0.2) is 22.6 Å². The number of nitrogens with zero attached hydrogens (tertiary/aromatic N) is 1. The molecule has 0 amide bonds. The number of anilines is 1. The van der Waals surface area contributed by atoms with E-state index in [1.165, 1.54) is 19.3 Å². The molecule has 2 N–H and O–H groups in total. The predicted octanol–water partition coefficient (Wildman–Crippen LogP) is 3.31. The number of nitrogen functional groups attached to an aromatic ring is 1. The zero-order chi connectivity index (χ0) is 11.1. The van der Waals surface area contributed by atoms with Crippen molar-refractivity contribution in [3.63, 3.8) is 0 Å². The molecule has 3 heteroatoms. The van der Waals surface area contributed by atoms with Crippen molar-refractivity contribution in [2.75, 3.05) is 5.73 Å². The zero-order valence-electron chi connectivity index (χ0n) is 9.44. The van der Waals surface area contributed by atoms with Crippen molar-refractivity contribution in [2.24, 2.45) is 5.92 Å². The van der Waals surface area contributed by atoms with Gasteiger partial charge >= 0.3 is 0 Å². The molecule has 0 spiro atoms. The van der Waals surface area contributed by atoms with Crippen LogP contribution in [0.2, 0.25) is 0 Å². The van der Waals surface area contributed by atoms with Gasteiger partial charge in [-0.25, -0.2) is 4.98 Å². The largest absolute Gasteiger partial charge is 0.440 e. The van der Waals surface area contributed by atoms with Gasteiger partial charge in [-0.1, -0.05) is 19.4 Å². The summed E-state index contributed by atoms with van der Waals surface area (Å²) in [6.45, 7) is 2.27. The first kappa shape index (κ1) is 9.70. The fourth-order valence-corrected chi connectivity index (χ4v) is 2.66. The van der Waals surface area contributed by atoms with E-state index in [1.54, 1.807) is 0 Å². The second-order valence-electron chi connectivity index (χ2n) is 4.76. The first-order chi connectivity index (χ1) is 7.75. The van der Waals surface area contributed by atoms with Crippen LogP contribution in [-0.4, -0.2) is 4.98 Å². The van der Waals surface area contributed by atoms with E-state index >= 15 is 0 Å². The molecule has 1 aliphatic rings. The van der Waals surface area contributed by atoms with Gasteiger partial charge in [0.05, 0.1) is 5.69 Å². The van der Waals surface area contributed by atoms with Crippen LogP contribution in [-0.2, 0) is 0 Å². The van der Waals surface area contributed by atoms with Crippen molar-refractivity contribution < 1.29 is 4.42 Å². The van der Waals surface area contributed by atoms with Gasteiger partial charge in [-0.15, -0.1) is 0 Å². The second-order valence-corrected chi connectivity index (χ2v) is 4.76. The predicted molar refractivity (Wildman–Crippen MR) is 64.2 cm³/mol. The minimum absolute atomic E-state index is 0.479. The molecule has 2 unspecified atom stereocenters. The number of rotatable bonds is 1. The molecule has 16 heavy (non-hydrogen) atoms. The lowest BCUT2D eigenvalue weighted by atomic mass is 9.98. The van der Waals surface area contributed by atoms with Gasteiger partial charge in [-0.2, -0.15) is 0 Å². The van der Waals surface area contributed by atoms with Gasteiger partial charge in [0.25, 0.3) is 0 Å². The van der Waals surface area contributed by atoms with Crippen LogP contribution in [0.25, 0.3) is 11.1 Å². The summed E-state index contributed by atoms with van der Waals surface area (Å²) in [7, 11) is 0. The minimum Gasteiger partial charge on any atom is -0.440 e. The molecule has 2 atom stereocenters. The number of oxazole rings is 1. The Morgan fingerprint density at radius 1 is 1.38 bits per heavy atom. The number of hydrogen-bond acceptors (Lipinski definition) is 3. The fraction of sp³-hybridized carbons (Fsp3) is 0.462. The van der Waals surface area contributed by atoms with E-state index < -0.39 is 0 Å². The lowest BCUT2D eigenvalue weighted by Crippen LogP contribution is -2.01. The highest BCUT2D eigenvalue weighted by atomic mass is 16.3. The number of fused-ring (bicyclic) bond motifs is 1. The number of para-hydroxylation sites is 1. The van der Waals surface area contributed by atoms with Gasteiger partial charge in [-0.3, -0.25) is 0 Å². The van der Waals surface area contributed by atoms with Crippen LogP contribution in [0.3, 0.4) is 0 Å². The summed E-state index contributed by atoms with van der Waals surface area (Å²) in [4.78, 5) is 4.55. The van der Waals surface area contributed by atoms with Crippen LogP contribution in [0, 0.1) is 5.92 Å². The van der Waals surface area contributed by atoms with Crippen molar-refractivity contribution in [1.29, 1.82) is 0 Å². The average molecular weight is 216 g/mol. The van der Waals surface area contributed by atoms with Crippen LogP contribution in [0.1, 0.15) is 38.0 Å². The lowest BCUT2D eigenvalue weighted by molar-refractivity contribution is 0.416. The Morgan fingerprint density at radius 2 is 2.25 bits per heavy atom. The molecule has 84 valence electrons. The molecule has 0 radical (unpaired) electrons. The molecular weight excluding hydrogens is 200 g/mol. The van der Waals surface area contributed by atoms with Gasteiger partial charge in [0, 0.05) is 5.92 Å². The third-order valence-electron chi connectivity index (χ3n) is 3.65. The smallest absolute Gasteiger partial charge is 0.198 e. The van der Waals surface area contributed by atoms with E-state index in [-0.39, 0.29) is 0 Å². The van der Waals surface area contributed by atoms with E-state index in [1.807, 2.05) is 18.2 Å². The lowest BCUT2D eigenvalue weighted by Gasteiger charge is -2.09. The highest BCUT2D eigenvalue weighted by Gasteiger charge is 2.29. The van der Waals surface area contributed by atoms with Crippen molar-refractivity contribution in [3.05, 3.63) is 24.1 Å². The number of benzene rings is 1. The maximum atomic E-state index is 5.88. The zero-order valence-corrected chi connectivity index (χ0v) is 9.44. The van der Waals surface area contributed by atoms with Gasteiger partial charge in [0.2, 0.25) is 0 Å². The standard InChI is InChI=1S/C13H16N2O/c1-8-4-2-5-9(8)13-15-12-10(14)6-3-7-11(12)16-13/h3,6-9H,2,4-5,14H2,1H3. The molecule has 2 aromatic rings. The molecule has 1 aromatic heterocycles. The van der Waals surface area contributed by atoms with Crippen LogP contribution >= 0.6 is 0 Å². The highest BCUT2D eigenvalue weighted by molar-refractivity contribution is 5.85. The molecule has 1 fully saturated rings. The molecule has 3 nitrogen and oxygen atoms in total. The fourth-order valence-electron chi connectivity index (χ4n) is 2.66. The Hall–Kier alpha value is -1.51. The van der Waals surface area contributed by atoms with E-state index in [0.29, 0.717) is 17.5 Å². The SMILES string of the molecule is CC1CCCC1c1nc2c(N)cccc2o1. The Bertz CT molecular complexity index is 518. The topological polar surface area (TPSA) is 52.0 Å². The Labute approximate surface area is 94.7 Å². The Balaban J connectivity index is 2.08. The first-order valence-electron chi connectivity index (χ1n) is 5.90. The maximum absolute atomic E-state index is 5.88. The average Bonchev–Trinajstić information content (AvgIpc) is 2.84. The molecule has 1 heterocycles. The van der Waals surface area contributed by atoms with Gasteiger partial charge in [0.1, 0.15) is 5.52 Å². The summed E-state index contributed by atoms with van der Waals surface area (Å²) in [5, 5.41) is 0. The van der Waals surface area contributed by atoms with E-state index in [2.05, 4.69) is 11.9 Å². The summed E-state index contributed by atoms with van der Waals surface area (Å²) in [5.41, 5.74) is 8.22. The summed E-state index contributed by atoms with van der Waals surface area (Å²) < 4.78 is 5.81. The molecule has 0 bridgehead atoms. The van der Waals surface area contributed by atoms with Crippen LogP contribution in [0.5, 0.6) is 0 Å². The maximum Gasteiger partial charge on any atom is 0.198 e. The highest BCUT2D eigenvalue weighted by Crippen LogP contribution is 2.40. The molecule has 1 saturated carbocycles. The minimum atomic E-state index is 0.479. The molecule has 0 saturated heterocycles. The third kappa shape index (κ3) is 1.39. The van der Waals surface area contributed by atoms with E-state index in [0.717, 1.165) is 17.0 Å². The molecule has 0 aliphatic heterocycles. The number of hydrogen-bond donors (Lipinski definition) is 1. The summed E-state index contributed by atoms with van der Waals surface area (Å²) in [6, 6.07) is 5.71. The first-order valence-corrected chi connectivity index (χ1v) is 5.90. The van der Waals surface area contributed by atoms with Gasteiger partial charge < -0.3 is 10.2 Å². The van der Waals surface area contributed by atoms with Crippen molar-refractivity contribution in [3.8, 4) is 0 Å². The van der Waals surface area contributed by atoms with E-state index in [9.17, 15) is 0 Å². The monoisotopic (exact) mass is 216 g/mol. The second kappa shape index (κ2) is 3.51. The van der Waals surface area contributed by atoms with Crippen molar-refractivity contribution in [2.45, 2.75) is 32.1 Å². The molecule has 3 rings (SSSR count). The quantitative estimate of drug-likeness (QED) is 0.744. The van der Waals surface area contributed by atoms with Gasteiger partial charge in [0.15, 0.2) is 11.5 Å².